The van der Waals surface area contributed by atoms with Gasteiger partial charge in [0.15, 0.2) is 0 Å². The molecule has 0 spiro atoms. The van der Waals surface area contributed by atoms with Gasteiger partial charge in [0.25, 0.3) is 5.91 Å². The number of aromatic nitrogens is 1. The summed E-state index contributed by atoms with van der Waals surface area (Å²) in [6, 6.07) is 9.42. The Morgan fingerprint density at radius 2 is 2.15 bits per heavy atom. The molecule has 1 aromatic carbocycles. The maximum atomic E-state index is 12.0. The van der Waals surface area contributed by atoms with Crippen molar-refractivity contribution >= 4 is 17.5 Å². The summed E-state index contributed by atoms with van der Waals surface area (Å²) in [6.07, 6.45) is 1.59. The maximum absolute atomic E-state index is 12.0. The quantitative estimate of drug-likeness (QED) is 0.920. The van der Waals surface area contributed by atoms with Gasteiger partial charge in [0.1, 0.15) is 18.1 Å². The molecule has 0 radical (unpaired) electrons. The fourth-order valence-corrected chi connectivity index (χ4v) is 1.97. The highest BCUT2D eigenvalue weighted by Gasteiger charge is 2.13. The van der Waals surface area contributed by atoms with Gasteiger partial charge in [0, 0.05) is 13.2 Å². The number of aryl methyl sites for hydroxylation is 1. The Kier molecular flexibility index (Phi) is 4.69. The predicted molar refractivity (Wildman–Crippen MR) is 79.4 cm³/mol. The lowest BCUT2D eigenvalue weighted by atomic mass is 10.2. The summed E-state index contributed by atoms with van der Waals surface area (Å²) in [5, 5.41) is 0.526. The number of carbonyl (C=O) groups excluding carboxylic acids is 1. The van der Waals surface area contributed by atoms with Gasteiger partial charge in [-0.15, -0.1) is 0 Å². The minimum Gasteiger partial charge on any atom is -0.491 e. The first-order valence-corrected chi connectivity index (χ1v) is 6.73. The monoisotopic (exact) mass is 292 g/mol. The van der Waals surface area contributed by atoms with Crippen LogP contribution in [0.15, 0.2) is 36.5 Å². The molecule has 1 N–H and O–H groups in total. The van der Waals surface area contributed by atoms with Crippen LogP contribution in [-0.4, -0.2) is 36.0 Å². The number of likely N-dealkylation sites (N-methyl/N-ethyl adjacent to an activating group) is 1. The Labute approximate surface area is 123 Å². The van der Waals surface area contributed by atoms with Crippen LogP contribution in [0.3, 0.4) is 0 Å². The van der Waals surface area contributed by atoms with Gasteiger partial charge in [-0.3, -0.25) is 4.79 Å². The van der Waals surface area contributed by atoms with Gasteiger partial charge in [-0.2, -0.15) is 0 Å². The van der Waals surface area contributed by atoms with Gasteiger partial charge in [-0.05, 0) is 24.6 Å². The van der Waals surface area contributed by atoms with Crippen LogP contribution in [-0.2, 0) is 0 Å². The van der Waals surface area contributed by atoms with E-state index in [0.29, 0.717) is 23.9 Å². The summed E-state index contributed by atoms with van der Waals surface area (Å²) in [6.45, 7) is 2.94. The summed E-state index contributed by atoms with van der Waals surface area (Å²) in [5.41, 5.74) is 1.56. The molecule has 0 atom stereocenters. The third-order valence-corrected chi connectivity index (χ3v) is 3.22. The molecule has 5 heteroatoms. The van der Waals surface area contributed by atoms with Gasteiger partial charge >= 0.3 is 0 Å². The number of rotatable bonds is 5. The van der Waals surface area contributed by atoms with Crippen molar-refractivity contribution in [3.05, 3.63) is 52.8 Å². The number of benzene rings is 1. The van der Waals surface area contributed by atoms with Crippen molar-refractivity contribution < 1.29 is 9.53 Å². The smallest absolute Gasteiger partial charge is 0.270 e. The number of aromatic amines is 1. The number of H-pyrrole nitrogens is 1. The third kappa shape index (κ3) is 3.54. The number of nitrogens with one attached hydrogen (secondary N) is 1. The second-order valence-electron chi connectivity index (χ2n) is 4.57. The first-order valence-electron chi connectivity index (χ1n) is 6.36. The van der Waals surface area contributed by atoms with E-state index in [1.54, 1.807) is 24.2 Å². The molecule has 0 unspecified atom stereocenters. The van der Waals surface area contributed by atoms with Gasteiger partial charge in [0.2, 0.25) is 0 Å². The number of halogens is 1. The average molecular weight is 293 g/mol. The summed E-state index contributed by atoms with van der Waals surface area (Å²) < 4.78 is 5.67. The highest BCUT2D eigenvalue weighted by Crippen LogP contribution is 2.16. The van der Waals surface area contributed by atoms with Crippen LogP contribution in [0.2, 0.25) is 5.02 Å². The molecule has 0 fully saturated rings. The van der Waals surface area contributed by atoms with Crippen molar-refractivity contribution in [3.63, 3.8) is 0 Å². The lowest BCUT2D eigenvalue weighted by molar-refractivity contribution is 0.0768. The molecule has 1 heterocycles. The Balaban J connectivity index is 1.85. The zero-order valence-corrected chi connectivity index (χ0v) is 12.3. The largest absolute Gasteiger partial charge is 0.491 e. The normalized spacial score (nSPS) is 10.3. The van der Waals surface area contributed by atoms with Crippen LogP contribution in [0.1, 0.15) is 16.1 Å². The van der Waals surface area contributed by atoms with Crippen LogP contribution in [0.4, 0.5) is 0 Å². The van der Waals surface area contributed by atoms with Gasteiger partial charge in [0.05, 0.1) is 11.6 Å². The number of para-hydroxylation sites is 1. The predicted octanol–water partition coefficient (Wildman–Crippen LogP) is 3.13. The van der Waals surface area contributed by atoms with Crippen LogP contribution in [0.5, 0.6) is 5.75 Å². The first kappa shape index (κ1) is 14.5. The molecular weight excluding hydrogens is 276 g/mol. The molecule has 106 valence electrons. The van der Waals surface area contributed by atoms with Gasteiger partial charge < -0.3 is 14.6 Å². The molecule has 4 nitrogen and oxygen atoms in total. The number of hydrogen-bond donors (Lipinski definition) is 1. The van der Waals surface area contributed by atoms with E-state index in [0.717, 1.165) is 11.3 Å². The standard InChI is InChI=1S/C15H17ClN2O2/c1-11-5-3-4-6-14(11)20-8-7-18(2)15(19)13-9-12(16)10-17-13/h3-6,9-10,17H,7-8H2,1-2H3. The zero-order chi connectivity index (χ0) is 14.5. The Bertz CT molecular complexity index is 595. The van der Waals surface area contributed by atoms with Crippen LogP contribution >= 0.6 is 11.6 Å². The Morgan fingerprint density at radius 1 is 1.40 bits per heavy atom. The summed E-state index contributed by atoms with van der Waals surface area (Å²) in [7, 11) is 1.73. The lowest BCUT2D eigenvalue weighted by Crippen LogP contribution is -2.31. The van der Waals surface area contributed by atoms with Crippen LogP contribution in [0.25, 0.3) is 0 Å². The van der Waals surface area contributed by atoms with E-state index in [1.165, 1.54) is 0 Å². The molecule has 2 rings (SSSR count). The molecule has 0 saturated heterocycles. The molecule has 0 saturated carbocycles. The second kappa shape index (κ2) is 6.48. The fourth-order valence-electron chi connectivity index (χ4n) is 1.81. The molecule has 0 aliphatic heterocycles. The van der Waals surface area contributed by atoms with Crippen molar-refractivity contribution in [3.8, 4) is 5.75 Å². The van der Waals surface area contributed by atoms with Crippen LogP contribution < -0.4 is 4.74 Å². The molecule has 0 aliphatic carbocycles. The second-order valence-corrected chi connectivity index (χ2v) is 5.01. The summed E-state index contributed by atoms with van der Waals surface area (Å²) in [5.74, 6) is 0.738. The SMILES string of the molecule is Cc1ccccc1OCCN(C)C(=O)c1cc(Cl)c[nH]1. The van der Waals surface area contributed by atoms with Crippen molar-refractivity contribution in [1.29, 1.82) is 0 Å². The van der Waals surface area contributed by atoms with Crippen molar-refractivity contribution in [1.82, 2.24) is 9.88 Å². The first-order chi connectivity index (χ1) is 9.58. The third-order valence-electron chi connectivity index (χ3n) is 3.00. The number of ether oxygens (including phenoxy) is 1. The maximum Gasteiger partial charge on any atom is 0.270 e. The van der Waals surface area contributed by atoms with Gasteiger partial charge in [-0.25, -0.2) is 0 Å². The molecule has 20 heavy (non-hydrogen) atoms. The number of nitrogens with zero attached hydrogens (tertiary/aromatic N) is 1. The molecule has 0 aliphatic rings. The van der Waals surface area contributed by atoms with Gasteiger partial charge in [-0.1, -0.05) is 29.8 Å². The highest BCUT2D eigenvalue weighted by atomic mass is 35.5. The molecule has 0 bridgehead atoms. The number of amides is 1. The zero-order valence-electron chi connectivity index (χ0n) is 11.5. The van der Waals surface area contributed by atoms with E-state index in [-0.39, 0.29) is 5.91 Å². The fraction of sp³-hybridized carbons (Fsp3) is 0.267. The van der Waals surface area contributed by atoms with Crippen LogP contribution in [0, 0.1) is 6.92 Å². The van der Waals surface area contributed by atoms with Crippen molar-refractivity contribution in [2.75, 3.05) is 20.2 Å². The topological polar surface area (TPSA) is 45.3 Å². The molecular formula is C15H17ClN2O2. The molecule has 2 aromatic rings. The highest BCUT2D eigenvalue weighted by molar-refractivity contribution is 6.30. The van der Waals surface area contributed by atoms with E-state index in [1.807, 2.05) is 31.2 Å². The van der Waals surface area contributed by atoms with E-state index in [4.69, 9.17) is 16.3 Å². The lowest BCUT2D eigenvalue weighted by Gasteiger charge is -2.17. The number of hydrogen-bond acceptors (Lipinski definition) is 2. The van der Waals surface area contributed by atoms with Crippen molar-refractivity contribution in [2.45, 2.75) is 6.92 Å². The van der Waals surface area contributed by atoms with E-state index < -0.39 is 0 Å². The van der Waals surface area contributed by atoms with E-state index in [2.05, 4.69) is 4.98 Å². The summed E-state index contributed by atoms with van der Waals surface area (Å²) >= 11 is 5.78. The minimum atomic E-state index is -0.106. The van der Waals surface area contributed by atoms with Crippen molar-refractivity contribution in [2.24, 2.45) is 0 Å². The average Bonchev–Trinajstić information content (AvgIpc) is 2.86. The molecule has 1 amide bonds. The number of carbonyl (C=O) groups is 1. The summed E-state index contributed by atoms with van der Waals surface area (Å²) in [4.78, 5) is 16.5. The Morgan fingerprint density at radius 3 is 2.80 bits per heavy atom. The van der Waals surface area contributed by atoms with E-state index in [9.17, 15) is 4.79 Å². The Hall–Kier alpha value is -1.94. The minimum absolute atomic E-state index is 0.106. The van der Waals surface area contributed by atoms with E-state index >= 15 is 0 Å². The molecule has 1 aromatic heterocycles.